The number of aromatic amines is 1. The van der Waals surface area contributed by atoms with Gasteiger partial charge in [-0.15, -0.1) is 0 Å². The Hall–Kier alpha value is -1.48. The number of aromatic nitrogens is 2. The minimum absolute atomic E-state index is 0.479. The molecule has 1 saturated heterocycles. The molecule has 1 fully saturated rings. The second-order valence-electron chi connectivity index (χ2n) is 3.67. The Morgan fingerprint density at radius 1 is 1.47 bits per heavy atom. The average Bonchev–Trinajstić information content (AvgIpc) is 2.61. The molecular weight excluding hydrogens is 232 g/mol. The van der Waals surface area contributed by atoms with Crippen molar-refractivity contribution in [3.8, 4) is 0 Å². The van der Waals surface area contributed by atoms with E-state index in [4.69, 9.17) is 11.2 Å². The van der Waals surface area contributed by atoms with Gasteiger partial charge in [0.15, 0.2) is 6.23 Å². The zero-order chi connectivity index (χ0) is 13.4. The first-order chi connectivity index (χ1) is 8.45. The molecule has 4 atom stereocenters. The summed E-state index contributed by atoms with van der Waals surface area (Å²) in [5, 5.41) is 28.1. The van der Waals surface area contributed by atoms with Gasteiger partial charge in [-0.3, -0.25) is 14.3 Å². The molecule has 2 rings (SSSR count). The molecule has 8 heteroatoms. The molecule has 8 nitrogen and oxygen atoms in total. The van der Waals surface area contributed by atoms with Gasteiger partial charge in [-0.25, -0.2) is 4.79 Å². The molecule has 0 spiro atoms. The van der Waals surface area contributed by atoms with Crippen LogP contribution in [-0.4, -0.2) is 49.8 Å². The molecule has 0 amide bonds. The quantitative estimate of drug-likeness (QED) is 0.445. The topological polar surface area (TPSA) is 125 Å². The Morgan fingerprint density at radius 2 is 2.18 bits per heavy atom. The molecule has 4 N–H and O–H groups in total. The summed E-state index contributed by atoms with van der Waals surface area (Å²) in [6.45, 7) is -0.527. The first-order valence-corrected chi connectivity index (χ1v) is 4.90. The lowest BCUT2D eigenvalue weighted by Gasteiger charge is -2.16. The van der Waals surface area contributed by atoms with Crippen LogP contribution >= 0.6 is 0 Å². The summed E-state index contributed by atoms with van der Waals surface area (Å²) in [6, 6.07) is -0.479. The van der Waals surface area contributed by atoms with Crippen LogP contribution in [0.1, 0.15) is 7.60 Å². The van der Waals surface area contributed by atoms with E-state index in [1.807, 2.05) is 4.98 Å². The van der Waals surface area contributed by atoms with Crippen molar-refractivity contribution in [2.75, 3.05) is 6.61 Å². The third-order valence-electron chi connectivity index (χ3n) is 2.58. The lowest BCUT2D eigenvalue weighted by atomic mass is 10.1. The fourth-order valence-corrected chi connectivity index (χ4v) is 1.68. The maximum absolute atomic E-state index is 11.5. The predicted octanol–water partition coefficient (Wildman–Crippen LogP) is -2.85. The van der Waals surface area contributed by atoms with Crippen molar-refractivity contribution in [1.29, 1.82) is 0 Å². The fourth-order valence-electron chi connectivity index (χ4n) is 1.68. The molecule has 0 saturated carbocycles. The first kappa shape index (κ1) is 10.7. The molecule has 0 radical (unpaired) electrons. The number of nitrogens with zero attached hydrogens (tertiary/aromatic N) is 1. The normalized spacial score (nSPS) is 33.7. The summed E-state index contributed by atoms with van der Waals surface area (Å²) in [5.41, 5.74) is -1.73. The zero-order valence-electron chi connectivity index (χ0n) is 9.61. The Morgan fingerprint density at radius 3 is 2.76 bits per heavy atom. The van der Waals surface area contributed by atoms with E-state index in [1.54, 1.807) is 0 Å². The number of aliphatic hydroxyl groups excluding tert-OH is 3. The van der Waals surface area contributed by atoms with Gasteiger partial charge in [-0.2, -0.15) is 0 Å². The van der Waals surface area contributed by atoms with Gasteiger partial charge in [0.1, 0.15) is 18.3 Å². The van der Waals surface area contributed by atoms with E-state index in [9.17, 15) is 19.8 Å². The van der Waals surface area contributed by atoms with Crippen molar-refractivity contribution in [3.05, 3.63) is 33.1 Å². The van der Waals surface area contributed by atoms with Gasteiger partial charge in [0.25, 0.3) is 5.56 Å². The molecule has 17 heavy (non-hydrogen) atoms. The smallest absolute Gasteiger partial charge is 0.330 e. The van der Waals surface area contributed by atoms with Crippen LogP contribution in [0.25, 0.3) is 0 Å². The minimum Gasteiger partial charge on any atom is -0.394 e. The highest BCUT2D eigenvalue weighted by atomic mass is 16.6. The Labute approximate surface area is 96.1 Å². The summed E-state index contributed by atoms with van der Waals surface area (Å²) in [7, 11) is 0. The summed E-state index contributed by atoms with van der Waals surface area (Å²) >= 11 is 0. The van der Waals surface area contributed by atoms with Crippen LogP contribution in [0.15, 0.2) is 21.8 Å². The molecule has 1 aromatic rings. The Bertz CT molecular complexity index is 555. The van der Waals surface area contributed by atoms with Crippen molar-refractivity contribution < 1.29 is 21.4 Å². The maximum Gasteiger partial charge on any atom is 0.330 e. The molecule has 1 aliphatic rings. The molecule has 2 heterocycles. The molecule has 1 unspecified atom stereocenters. The lowest BCUT2D eigenvalue weighted by Crippen LogP contribution is -2.37. The van der Waals surface area contributed by atoms with Crippen LogP contribution in [-0.2, 0) is 4.74 Å². The summed E-state index contributed by atoms with van der Waals surface area (Å²) < 4.78 is 13.2. The van der Waals surface area contributed by atoms with E-state index in [-0.39, 0.29) is 0 Å². The molecule has 1 aromatic heterocycles. The number of nitrogens with one attached hydrogen (secondary N) is 1. The number of hydrogen-bond donors (Lipinski definition) is 4. The second-order valence-corrected chi connectivity index (χ2v) is 3.67. The zero-order valence-corrected chi connectivity index (χ0v) is 8.61. The van der Waals surface area contributed by atoms with Gasteiger partial charge in [-0.1, -0.05) is 0 Å². The van der Waals surface area contributed by atoms with E-state index in [1.165, 1.54) is 0 Å². The fraction of sp³-hybridized carbons (Fsp3) is 0.556. The van der Waals surface area contributed by atoms with E-state index < -0.39 is 48.4 Å². The van der Waals surface area contributed by atoms with Crippen LogP contribution in [0, 0.1) is 0 Å². The van der Waals surface area contributed by atoms with Gasteiger partial charge in [0.05, 0.1) is 7.98 Å². The first-order valence-electron chi connectivity index (χ1n) is 5.40. The van der Waals surface area contributed by atoms with Gasteiger partial charge in [0.2, 0.25) is 0 Å². The van der Waals surface area contributed by atoms with Crippen molar-refractivity contribution in [3.63, 3.8) is 0 Å². The van der Waals surface area contributed by atoms with Crippen LogP contribution < -0.4 is 11.2 Å². The molecule has 0 aliphatic carbocycles. The maximum atomic E-state index is 11.5. The highest BCUT2D eigenvalue weighted by Gasteiger charge is 2.43. The third kappa shape index (κ3) is 2.03. The number of H-pyrrole nitrogens is 1. The summed E-state index contributed by atoms with van der Waals surface area (Å²) in [6.07, 6.45) is -4.18. The van der Waals surface area contributed by atoms with Crippen molar-refractivity contribution in [1.82, 2.24) is 9.55 Å². The number of hydrogen-bond acceptors (Lipinski definition) is 6. The largest absolute Gasteiger partial charge is 0.394 e. The number of rotatable bonds is 2. The Kier molecular flexibility index (Phi) is 2.77. The molecule has 0 bridgehead atoms. The molecular formula is C9H12N2O6. The van der Waals surface area contributed by atoms with E-state index in [2.05, 4.69) is 0 Å². The van der Waals surface area contributed by atoms with Crippen LogP contribution in [0.3, 0.4) is 0 Å². The van der Waals surface area contributed by atoms with Crippen molar-refractivity contribution >= 4 is 0 Å². The second kappa shape index (κ2) is 4.41. The van der Waals surface area contributed by atoms with Gasteiger partial charge in [0, 0.05) is 12.2 Å². The van der Waals surface area contributed by atoms with Crippen LogP contribution in [0.2, 0.25) is 0 Å². The molecule has 94 valence electrons. The number of aliphatic hydroxyl groups is 3. The standard InChI is InChI=1S/C9H12N2O6/c12-3-4-6(14)7(15)8(17-4)11-2-1-5(13)10-9(11)16/h1-2,4,6-8,12,14-15H,3H2,(H,10,13,16)/t4-,6-,7+,8?/m1/s1/i1T. The lowest BCUT2D eigenvalue weighted by molar-refractivity contribution is -0.0550. The van der Waals surface area contributed by atoms with E-state index in [0.717, 1.165) is 10.8 Å². The van der Waals surface area contributed by atoms with Crippen molar-refractivity contribution in [2.45, 2.75) is 24.5 Å². The van der Waals surface area contributed by atoms with Crippen LogP contribution in [0.4, 0.5) is 0 Å². The highest BCUT2D eigenvalue weighted by Crippen LogP contribution is 2.27. The van der Waals surface area contributed by atoms with Gasteiger partial charge >= 0.3 is 5.69 Å². The Balaban J connectivity index is 2.42. The van der Waals surface area contributed by atoms with Crippen LogP contribution in [0.5, 0.6) is 0 Å². The summed E-state index contributed by atoms with van der Waals surface area (Å²) in [4.78, 5) is 24.4. The molecule has 1 aliphatic heterocycles. The summed E-state index contributed by atoms with van der Waals surface area (Å²) in [5.74, 6) is 0. The SMILES string of the molecule is [3H]c1cn(C2O[C@H](CO)[C@@H](O)[C@@H]2O)c(=O)[nH]c1=O. The van der Waals surface area contributed by atoms with Gasteiger partial charge < -0.3 is 20.1 Å². The average molecular weight is 246 g/mol. The predicted molar refractivity (Wildman–Crippen MR) is 54.3 cm³/mol. The van der Waals surface area contributed by atoms with E-state index >= 15 is 0 Å². The number of ether oxygens (including phenoxy) is 1. The van der Waals surface area contributed by atoms with E-state index in [0.29, 0.717) is 0 Å². The molecule has 0 aromatic carbocycles. The van der Waals surface area contributed by atoms with Crippen molar-refractivity contribution in [2.24, 2.45) is 0 Å². The van der Waals surface area contributed by atoms with Gasteiger partial charge in [-0.05, 0) is 0 Å². The monoisotopic (exact) mass is 246 g/mol. The highest BCUT2D eigenvalue weighted by molar-refractivity contribution is 4.92. The minimum atomic E-state index is -1.44. The third-order valence-corrected chi connectivity index (χ3v) is 2.58.